The average Bonchev–Trinajstić information content (AvgIpc) is 2.84. The molecule has 134 valence electrons. The molecule has 4 aliphatic carbocycles. The molecule has 25 heavy (non-hydrogen) atoms. The first-order chi connectivity index (χ1) is 11.8. The average molecular weight is 342 g/mol. The van der Waals surface area contributed by atoms with E-state index in [2.05, 4.69) is 26.0 Å². The van der Waals surface area contributed by atoms with E-state index >= 15 is 0 Å². The van der Waals surface area contributed by atoms with E-state index in [9.17, 15) is 15.0 Å². The Balaban J connectivity index is 1.89. The summed E-state index contributed by atoms with van der Waals surface area (Å²) in [7, 11) is 0. The molecule has 0 aliphatic heterocycles. The normalized spacial score (nSPS) is 44.8. The number of hydrogen-bond donors (Lipinski definition) is 2. The van der Waals surface area contributed by atoms with Crippen molar-refractivity contribution in [2.75, 3.05) is 0 Å². The molecule has 4 heteroatoms. The summed E-state index contributed by atoms with van der Waals surface area (Å²) in [5, 5.41) is 20.6. The van der Waals surface area contributed by atoms with Crippen molar-refractivity contribution in [2.45, 2.75) is 52.2 Å². The Kier molecular flexibility index (Phi) is 3.64. The molecule has 0 bridgehead atoms. The third-order valence-electron chi connectivity index (χ3n) is 6.91. The first-order valence-electron chi connectivity index (χ1n) is 9.13. The number of rotatable bonds is 1. The van der Waals surface area contributed by atoms with Crippen LogP contribution >= 0.6 is 0 Å². The van der Waals surface area contributed by atoms with Crippen LogP contribution < -0.4 is 0 Å². The van der Waals surface area contributed by atoms with Gasteiger partial charge < -0.3 is 14.9 Å². The minimum Gasteiger partial charge on any atom is -0.427 e. The Morgan fingerprint density at radius 3 is 2.72 bits per heavy atom. The number of fused-ring (bicyclic) bond motifs is 5. The molecule has 6 atom stereocenters. The molecule has 1 saturated carbocycles. The summed E-state index contributed by atoms with van der Waals surface area (Å²) in [6, 6.07) is 0. The van der Waals surface area contributed by atoms with Crippen molar-refractivity contribution >= 4 is 5.97 Å². The lowest BCUT2D eigenvalue weighted by atomic mass is 9.52. The van der Waals surface area contributed by atoms with Gasteiger partial charge in [0.25, 0.3) is 0 Å². The van der Waals surface area contributed by atoms with Crippen LogP contribution in [0.15, 0.2) is 47.3 Å². The van der Waals surface area contributed by atoms with Crippen molar-refractivity contribution in [1.29, 1.82) is 0 Å². The molecule has 0 spiro atoms. The second-order valence-electron chi connectivity index (χ2n) is 8.40. The van der Waals surface area contributed by atoms with Gasteiger partial charge in [0.2, 0.25) is 0 Å². The first kappa shape index (κ1) is 16.8. The SMILES string of the molecule is CC(=O)OC1=C2[C@@H]3C=C[C@H](O)[C@@]3(C)CC[C@@H]2[C@@]2(C)C=C[C@H](O)CC2=C1. The standard InChI is InChI=1S/C21H26O4/c1-12(22)25-17-11-13-10-14(23)6-8-20(13,2)16-7-9-21(3)15(19(16)17)4-5-18(21)24/h4-6,8,11,14-16,18,23-24H,7,9-10H2,1-3H3/t14-,15-,16-,18-,20-,21-/m0/s1. The van der Waals surface area contributed by atoms with Crippen molar-refractivity contribution in [3.63, 3.8) is 0 Å². The van der Waals surface area contributed by atoms with Crippen LogP contribution in [0.4, 0.5) is 0 Å². The smallest absolute Gasteiger partial charge is 0.308 e. The summed E-state index contributed by atoms with van der Waals surface area (Å²) in [5.41, 5.74) is 1.85. The highest BCUT2D eigenvalue weighted by Gasteiger charge is 2.55. The van der Waals surface area contributed by atoms with Gasteiger partial charge in [-0.1, -0.05) is 43.7 Å². The predicted molar refractivity (Wildman–Crippen MR) is 94.2 cm³/mol. The lowest BCUT2D eigenvalue weighted by molar-refractivity contribution is -0.136. The Morgan fingerprint density at radius 1 is 1.24 bits per heavy atom. The minimum absolute atomic E-state index is 0.0745. The second-order valence-corrected chi connectivity index (χ2v) is 8.40. The Labute approximate surface area is 148 Å². The van der Waals surface area contributed by atoms with E-state index in [4.69, 9.17) is 4.74 Å². The monoisotopic (exact) mass is 342 g/mol. The van der Waals surface area contributed by atoms with E-state index in [1.807, 2.05) is 18.2 Å². The van der Waals surface area contributed by atoms with Gasteiger partial charge >= 0.3 is 5.97 Å². The highest BCUT2D eigenvalue weighted by atomic mass is 16.5. The van der Waals surface area contributed by atoms with Crippen LogP contribution in [0.2, 0.25) is 0 Å². The van der Waals surface area contributed by atoms with Crippen molar-refractivity contribution in [2.24, 2.45) is 22.7 Å². The molecule has 0 aromatic carbocycles. The number of ether oxygens (including phenoxy) is 1. The molecule has 1 fully saturated rings. The number of carbonyl (C=O) groups excluding carboxylic acids is 1. The Bertz CT molecular complexity index is 743. The fourth-order valence-electron chi connectivity index (χ4n) is 5.35. The van der Waals surface area contributed by atoms with Gasteiger partial charge in [0.1, 0.15) is 5.76 Å². The van der Waals surface area contributed by atoms with Crippen molar-refractivity contribution < 1.29 is 19.7 Å². The summed E-state index contributed by atoms with van der Waals surface area (Å²) in [6.45, 7) is 5.76. The molecule has 0 saturated heterocycles. The molecule has 0 aromatic heterocycles. The lowest BCUT2D eigenvalue weighted by Gasteiger charge is -2.52. The predicted octanol–water partition coefficient (Wildman–Crippen LogP) is 3.03. The van der Waals surface area contributed by atoms with Crippen LogP contribution in [0.5, 0.6) is 0 Å². The van der Waals surface area contributed by atoms with E-state index in [1.54, 1.807) is 0 Å². The van der Waals surface area contributed by atoms with E-state index in [1.165, 1.54) is 6.92 Å². The van der Waals surface area contributed by atoms with Gasteiger partial charge in [-0.25, -0.2) is 0 Å². The summed E-state index contributed by atoms with van der Waals surface area (Å²) in [6.07, 6.45) is 11.4. The molecule has 0 radical (unpaired) electrons. The summed E-state index contributed by atoms with van der Waals surface area (Å²) in [4.78, 5) is 11.7. The number of carbonyl (C=O) groups is 1. The van der Waals surface area contributed by atoms with Gasteiger partial charge in [-0.15, -0.1) is 0 Å². The maximum atomic E-state index is 11.7. The number of aliphatic hydroxyl groups excluding tert-OH is 2. The number of esters is 1. The molecular formula is C21H26O4. The Hall–Kier alpha value is -1.65. The zero-order valence-electron chi connectivity index (χ0n) is 15.0. The summed E-state index contributed by atoms with van der Waals surface area (Å²) in [5.74, 6) is 0.592. The van der Waals surface area contributed by atoms with E-state index in [0.717, 1.165) is 24.0 Å². The zero-order chi connectivity index (χ0) is 18.0. The molecule has 4 aliphatic rings. The summed E-state index contributed by atoms with van der Waals surface area (Å²) >= 11 is 0. The third kappa shape index (κ3) is 2.31. The van der Waals surface area contributed by atoms with E-state index < -0.39 is 12.2 Å². The van der Waals surface area contributed by atoms with Gasteiger partial charge in [0, 0.05) is 23.7 Å². The zero-order valence-corrected chi connectivity index (χ0v) is 15.0. The molecule has 4 nitrogen and oxygen atoms in total. The minimum atomic E-state index is -0.485. The molecule has 4 rings (SSSR count). The van der Waals surface area contributed by atoms with Gasteiger partial charge in [-0.05, 0) is 36.8 Å². The quantitative estimate of drug-likeness (QED) is 0.568. The fourth-order valence-corrected chi connectivity index (χ4v) is 5.35. The molecular weight excluding hydrogens is 316 g/mol. The number of aliphatic hydroxyl groups is 2. The van der Waals surface area contributed by atoms with E-state index in [0.29, 0.717) is 12.2 Å². The molecule has 2 N–H and O–H groups in total. The summed E-state index contributed by atoms with van der Waals surface area (Å²) < 4.78 is 5.62. The molecule has 0 aromatic rings. The fraction of sp³-hybridized carbons (Fsp3) is 0.571. The van der Waals surface area contributed by atoms with Gasteiger partial charge in [0.05, 0.1) is 12.2 Å². The maximum absolute atomic E-state index is 11.7. The van der Waals surface area contributed by atoms with Gasteiger partial charge in [0.15, 0.2) is 0 Å². The van der Waals surface area contributed by atoms with Gasteiger partial charge in [-0.2, -0.15) is 0 Å². The maximum Gasteiger partial charge on any atom is 0.308 e. The van der Waals surface area contributed by atoms with Crippen LogP contribution in [0.3, 0.4) is 0 Å². The lowest BCUT2D eigenvalue weighted by Crippen LogP contribution is -2.47. The van der Waals surface area contributed by atoms with Crippen LogP contribution in [0, 0.1) is 22.7 Å². The van der Waals surface area contributed by atoms with Crippen molar-refractivity contribution in [3.8, 4) is 0 Å². The van der Waals surface area contributed by atoms with Crippen molar-refractivity contribution in [1.82, 2.24) is 0 Å². The largest absolute Gasteiger partial charge is 0.427 e. The molecule has 0 amide bonds. The third-order valence-corrected chi connectivity index (χ3v) is 6.91. The number of allylic oxidation sites excluding steroid dienone is 4. The highest BCUT2D eigenvalue weighted by Crippen LogP contribution is 2.62. The topological polar surface area (TPSA) is 66.8 Å². The number of hydrogen-bond acceptors (Lipinski definition) is 4. The highest BCUT2D eigenvalue weighted by molar-refractivity contribution is 5.68. The van der Waals surface area contributed by atoms with E-state index in [-0.39, 0.29) is 28.6 Å². The first-order valence-corrected chi connectivity index (χ1v) is 9.13. The van der Waals surface area contributed by atoms with Crippen LogP contribution in [-0.4, -0.2) is 28.4 Å². The second kappa shape index (κ2) is 5.42. The van der Waals surface area contributed by atoms with Crippen LogP contribution in [0.25, 0.3) is 0 Å². The van der Waals surface area contributed by atoms with Gasteiger partial charge in [-0.3, -0.25) is 4.79 Å². The molecule has 0 heterocycles. The van der Waals surface area contributed by atoms with Crippen LogP contribution in [0.1, 0.15) is 40.0 Å². The van der Waals surface area contributed by atoms with Crippen LogP contribution in [-0.2, 0) is 9.53 Å². The van der Waals surface area contributed by atoms with Crippen molar-refractivity contribution in [3.05, 3.63) is 47.3 Å². The molecule has 0 unspecified atom stereocenters. The Morgan fingerprint density at radius 2 is 2.00 bits per heavy atom.